The number of amides is 1. The van der Waals surface area contributed by atoms with E-state index in [1.54, 1.807) is 0 Å². The van der Waals surface area contributed by atoms with Crippen LogP contribution >= 0.6 is 11.6 Å². The molecule has 0 saturated carbocycles. The van der Waals surface area contributed by atoms with E-state index in [0.717, 1.165) is 43.7 Å². The van der Waals surface area contributed by atoms with Crippen molar-refractivity contribution in [3.8, 4) is 0 Å². The summed E-state index contributed by atoms with van der Waals surface area (Å²) in [5, 5.41) is 16.0. The lowest BCUT2D eigenvalue weighted by Gasteiger charge is -2.36. The van der Waals surface area contributed by atoms with Gasteiger partial charge in [-0.05, 0) is 44.5 Å². The zero-order valence-electron chi connectivity index (χ0n) is 15.5. The molecule has 0 spiro atoms. The summed E-state index contributed by atoms with van der Waals surface area (Å²) in [6, 6.07) is 7.91. The average Bonchev–Trinajstić information content (AvgIpc) is 3.10. The molecule has 0 bridgehead atoms. The van der Waals surface area contributed by atoms with E-state index in [1.807, 2.05) is 40.8 Å². The molecule has 144 valence electrons. The SMILES string of the molecule is Cc1c(C(=O)N2CCNCC2c2ccccc2Cl)nnn1C1CCNCC1. The number of rotatable bonds is 3. The number of nitrogens with one attached hydrogen (secondary N) is 2. The summed E-state index contributed by atoms with van der Waals surface area (Å²) in [7, 11) is 0. The predicted octanol–water partition coefficient (Wildman–Crippen LogP) is 1.95. The second-order valence-electron chi connectivity index (χ2n) is 7.19. The van der Waals surface area contributed by atoms with E-state index < -0.39 is 0 Å². The Kier molecular flexibility index (Phi) is 5.43. The van der Waals surface area contributed by atoms with Gasteiger partial charge in [0.2, 0.25) is 0 Å². The fourth-order valence-corrected chi connectivity index (χ4v) is 4.30. The van der Waals surface area contributed by atoms with Crippen molar-refractivity contribution in [2.45, 2.75) is 31.8 Å². The summed E-state index contributed by atoms with van der Waals surface area (Å²) in [5.41, 5.74) is 2.26. The van der Waals surface area contributed by atoms with E-state index in [2.05, 4.69) is 20.9 Å². The molecule has 2 aromatic rings. The molecular weight excluding hydrogens is 364 g/mol. The number of carbonyl (C=O) groups is 1. The van der Waals surface area contributed by atoms with Crippen LogP contribution in [-0.4, -0.2) is 58.5 Å². The highest BCUT2D eigenvalue weighted by Gasteiger charge is 2.33. The molecule has 2 aliphatic heterocycles. The lowest BCUT2D eigenvalue weighted by molar-refractivity contribution is 0.0627. The van der Waals surface area contributed by atoms with E-state index in [-0.39, 0.29) is 11.9 Å². The molecule has 1 atom stereocenters. The van der Waals surface area contributed by atoms with Crippen LogP contribution in [0.15, 0.2) is 24.3 Å². The fraction of sp³-hybridized carbons (Fsp3) is 0.526. The summed E-state index contributed by atoms with van der Waals surface area (Å²) >= 11 is 6.41. The number of piperazine rings is 1. The van der Waals surface area contributed by atoms with Crippen LogP contribution in [0, 0.1) is 6.92 Å². The van der Waals surface area contributed by atoms with Crippen molar-refractivity contribution < 1.29 is 4.79 Å². The Balaban J connectivity index is 1.61. The van der Waals surface area contributed by atoms with Crippen molar-refractivity contribution in [1.82, 2.24) is 30.5 Å². The second kappa shape index (κ2) is 7.96. The third-order valence-electron chi connectivity index (χ3n) is 5.55. The first-order chi connectivity index (χ1) is 13.2. The number of aromatic nitrogens is 3. The molecule has 3 heterocycles. The highest BCUT2D eigenvalue weighted by molar-refractivity contribution is 6.31. The first kappa shape index (κ1) is 18.4. The number of hydrogen-bond acceptors (Lipinski definition) is 5. The van der Waals surface area contributed by atoms with E-state index in [1.165, 1.54) is 0 Å². The Morgan fingerprint density at radius 2 is 1.96 bits per heavy atom. The van der Waals surface area contributed by atoms with Gasteiger partial charge in [-0.2, -0.15) is 0 Å². The van der Waals surface area contributed by atoms with Crippen molar-refractivity contribution in [3.63, 3.8) is 0 Å². The van der Waals surface area contributed by atoms with Crippen LogP contribution in [0.25, 0.3) is 0 Å². The second-order valence-corrected chi connectivity index (χ2v) is 7.60. The molecule has 1 unspecified atom stereocenters. The molecule has 8 heteroatoms. The van der Waals surface area contributed by atoms with Gasteiger partial charge in [0.1, 0.15) is 0 Å². The predicted molar refractivity (Wildman–Crippen MR) is 104 cm³/mol. The zero-order chi connectivity index (χ0) is 18.8. The quantitative estimate of drug-likeness (QED) is 0.840. The molecular formula is C19H25ClN6O. The molecule has 1 aromatic heterocycles. The van der Waals surface area contributed by atoms with Crippen LogP contribution in [0.4, 0.5) is 0 Å². The highest BCUT2D eigenvalue weighted by atomic mass is 35.5. The van der Waals surface area contributed by atoms with Crippen LogP contribution in [0.5, 0.6) is 0 Å². The Hall–Kier alpha value is -1.96. The van der Waals surface area contributed by atoms with E-state index in [0.29, 0.717) is 29.8 Å². The number of halogens is 1. The minimum atomic E-state index is -0.108. The van der Waals surface area contributed by atoms with E-state index in [9.17, 15) is 4.79 Å². The molecule has 7 nitrogen and oxygen atoms in total. The Labute approximate surface area is 164 Å². The van der Waals surface area contributed by atoms with Crippen molar-refractivity contribution >= 4 is 17.5 Å². The Morgan fingerprint density at radius 3 is 2.74 bits per heavy atom. The van der Waals surface area contributed by atoms with Gasteiger partial charge in [0, 0.05) is 24.7 Å². The van der Waals surface area contributed by atoms with Gasteiger partial charge in [-0.15, -0.1) is 5.10 Å². The molecule has 1 amide bonds. The minimum Gasteiger partial charge on any atom is -0.328 e. The maximum atomic E-state index is 13.3. The third kappa shape index (κ3) is 3.59. The molecule has 0 radical (unpaired) electrons. The molecule has 0 aliphatic carbocycles. The van der Waals surface area contributed by atoms with Crippen molar-refractivity contribution in [1.29, 1.82) is 0 Å². The summed E-state index contributed by atoms with van der Waals surface area (Å²) < 4.78 is 1.93. The highest BCUT2D eigenvalue weighted by Crippen LogP contribution is 2.30. The smallest absolute Gasteiger partial charge is 0.276 e. The van der Waals surface area contributed by atoms with Gasteiger partial charge in [-0.25, -0.2) is 4.68 Å². The number of piperidine rings is 1. The van der Waals surface area contributed by atoms with Gasteiger partial charge >= 0.3 is 0 Å². The first-order valence-corrected chi connectivity index (χ1v) is 9.93. The van der Waals surface area contributed by atoms with Crippen molar-refractivity contribution in [3.05, 3.63) is 46.2 Å². The van der Waals surface area contributed by atoms with Gasteiger partial charge in [-0.1, -0.05) is 35.0 Å². The van der Waals surface area contributed by atoms with Crippen LogP contribution in [0.2, 0.25) is 5.02 Å². The normalized spacial score (nSPS) is 21.4. The summed E-state index contributed by atoms with van der Waals surface area (Å²) in [6.45, 7) is 5.95. The maximum Gasteiger partial charge on any atom is 0.276 e. The third-order valence-corrected chi connectivity index (χ3v) is 5.90. The molecule has 2 saturated heterocycles. The monoisotopic (exact) mass is 388 g/mol. The van der Waals surface area contributed by atoms with E-state index >= 15 is 0 Å². The number of carbonyl (C=O) groups excluding carboxylic acids is 1. The van der Waals surface area contributed by atoms with Gasteiger partial charge in [-0.3, -0.25) is 4.79 Å². The number of nitrogens with zero attached hydrogens (tertiary/aromatic N) is 4. The number of hydrogen-bond donors (Lipinski definition) is 2. The lowest BCUT2D eigenvalue weighted by Crippen LogP contribution is -2.49. The molecule has 1 aromatic carbocycles. The van der Waals surface area contributed by atoms with Crippen LogP contribution in [-0.2, 0) is 0 Å². The first-order valence-electron chi connectivity index (χ1n) is 9.55. The Bertz CT molecular complexity index is 816. The zero-order valence-corrected chi connectivity index (χ0v) is 16.2. The average molecular weight is 389 g/mol. The molecule has 27 heavy (non-hydrogen) atoms. The largest absolute Gasteiger partial charge is 0.328 e. The van der Waals surface area contributed by atoms with Crippen LogP contribution in [0.3, 0.4) is 0 Å². The van der Waals surface area contributed by atoms with Gasteiger partial charge < -0.3 is 15.5 Å². The van der Waals surface area contributed by atoms with Crippen LogP contribution < -0.4 is 10.6 Å². The molecule has 2 N–H and O–H groups in total. The van der Waals surface area contributed by atoms with Crippen molar-refractivity contribution in [2.24, 2.45) is 0 Å². The molecule has 4 rings (SSSR count). The van der Waals surface area contributed by atoms with Gasteiger partial charge in [0.15, 0.2) is 5.69 Å². The topological polar surface area (TPSA) is 75.1 Å². The molecule has 2 fully saturated rings. The van der Waals surface area contributed by atoms with Crippen molar-refractivity contribution in [2.75, 3.05) is 32.7 Å². The fourth-order valence-electron chi connectivity index (χ4n) is 4.04. The Morgan fingerprint density at radius 1 is 1.19 bits per heavy atom. The summed E-state index contributed by atoms with van der Waals surface area (Å²) in [5.74, 6) is -0.0703. The van der Waals surface area contributed by atoms with Crippen LogP contribution in [0.1, 0.15) is 46.7 Å². The van der Waals surface area contributed by atoms with Gasteiger partial charge in [0.25, 0.3) is 5.91 Å². The maximum absolute atomic E-state index is 13.3. The standard InChI is InChI=1S/C19H25ClN6O/c1-13-18(23-24-26(13)14-6-8-21-9-7-14)19(27)25-11-10-22-12-17(25)15-4-2-3-5-16(15)20/h2-5,14,17,21-22H,6-12H2,1H3. The molecule has 2 aliphatic rings. The lowest BCUT2D eigenvalue weighted by atomic mass is 10.0. The van der Waals surface area contributed by atoms with Gasteiger partial charge in [0.05, 0.1) is 17.8 Å². The summed E-state index contributed by atoms with van der Waals surface area (Å²) in [6.07, 6.45) is 2.02. The summed E-state index contributed by atoms with van der Waals surface area (Å²) in [4.78, 5) is 15.2. The van der Waals surface area contributed by atoms with E-state index in [4.69, 9.17) is 11.6 Å². The number of benzene rings is 1. The minimum absolute atomic E-state index is 0.0703.